The summed E-state index contributed by atoms with van der Waals surface area (Å²) in [6.07, 6.45) is 0.785. The molecule has 0 aromatic heterocycles. The molecule has 0 aromatic rings. The molecule has 0 saturated heterocycles. The van der Waals surface area contributed by atoms with E-state index in [0.717, 1.165) is 0 Å². The Labute approximate surface area is 116 Å². The normalized spacial score (nSPS) is 11.5. The predicted octanol–water partition coefficient (Wildman–Crippen LogP) is 1.99. The molecule has 0 spiro atoms. The molecule has 19 heavy (non-hydrogen) atoms. The molecule has 0 aliphatic carbocycles. The van der Waals surface area contributed by atoms with Gasteiger partial charge in [0.15, 0.2) is 0 Å². The Kier molecular flexibility index (Phi) is 8.39. The molecule has 0 unspecified atom stereocenters. The molecule has 0 aromatic carbocycles. The topological polar surface area (TPSA) is 55.8 Å². The summed E-state index contributed by atoms with van der Waals surface area (Å²) in [4.78, 5) is 24.3. The summed E-state index contributed by atoms with van der Waals surface area (Å²) in [7, 11) is 0. The Morgan fingerprint density at radius 2 is 1.26 bits per heavy atom. The Hall–Kier alpha value is -1.10. The van der Waals surface area contributed by atoms with Gasteiger partial charge in [-0.2, -0.15) is 0 Å². The Morgan fingerprint density at radius 3 is 1.53 bits per heavy atom. The fourth-order valence-electron chi connectivity index (χ4n) is 1.53. The van der Waals surface area contributed by atoms with Crippen molar-refractivity contribution in [3.63, 3.8) is 0 Å². The second kappa shape index (κ2) is 8.91. The second-order valence-electron chi connectivity index (χ2n) is 5.31. The number of rotatable bonds is 8. The summed E-state index contributed by atoms with van der Waals surface area (Å²) in [5.74, 6) is -0.377. The zero-order valence-electron chi connectivity index (χ0n) is 12.8. The minimum absolute atomic E-state index is 0.0583. The van der Waals surface area contributed by atoms with Gasteiger partial charge in [0.1, 0.15) is 13.2 Å². The minimum Gasteiger partial charge on any atom is -0.464 e. The van der Waals surface area contributed by atoms with E-state index in [2.05, 4.69) is 25.7 Å². The number of hydrogen-bond donors (Lipinski definition) is 0. The second-order valence-corrected chi connectivity index (χ2v) is 5.31. The van der Waals surface area contributed by atoms with Gasteiger partial charge in [-0.3, -0.25) is 14.5 Å². The lowest BCUT2D eigenvalue weighted by Gasteiger charge is -2.35. The molecule has 0 aliphatic heterocycles. The first-order chi connectivity index (χ1) is 8.81. The number of esters is 2. The van der Waals surface area contributed by atoms with Crippen molar-refractivity contribution >= 4 is 11.9 Å². The summed E-state index contributed by atoms with van der Waals surface area (Å²) < 4.78 is 10.2. The largest absolute Gasteiger partial charge is 0.464 e. The van der Waals surface area contributed by atoms with Crippen molar-refractivity contribution in [3.8, 4) is 0 Å². The van der Waals surface area contributed by atoms with E-state index < -0.39 is 0 Å². The van der Waals surface area contributed by atoms with Gasteiger partial charge in [-0.25, -0.2) is 0 Å². The fourth-order valence-corrected chi connectivity index (χ4v) is 1.53. The Morgan fingerprint density at radius 1 is 0.895 bits per heavy atom. The first-order valence-electron chi connectivity index (χ1n) is 6.87. The molecule has 5 nitrogen and oxygen atoms in total. The zero-order valence-corrected chi connectivity index (χ0v) is 12.8. The summed E-state index contributed by atoms with van der Waals surface area (Å²) >= 11 is 0. The zero-order chi connectivity index (χ0) is 14.9. The van der Waals surface area contributed by atoms with Crippen LogP contribution in [0, 0.1) is 0 Å². The lowest BCUT2D eigenvalue weighted by atomic mass is 10.1. The van der Waals surface area contributed by atoms with Crippen LogP contribution < -0.4 is 0 Å². The van der Waals surface area contributed by atoms with Crippen molar-refractivity contribution < 1.29 is 19.1 Å². The maximum atomic E-state index is 11.1. The molecule has 112 valence electrons. The van der Waals surface area contributed by atoms with Gasteiger partial charge < -0.3 is 9.47 Å². The predicted molar refractivity (Wildman–Crippen MR) is 73.8 cm³/mol. The Bertz CT molecular complexity index is 262. The smallest absolute Gasteiger partial charge is 0.305 e. The summed E-state index contributed by atoms with van der Waals surface area (Å²) in [5, 5.41) is 0. The van der Waals surface area contributed by atoms with Gasteiger partial charge in [-0.05, 0) is 20.8 Å². The van der Waals surface area contributed by atoms with Crippen LogP contribution in [-0.4, -0.2) is 48.7 Å². The highest BCUT2D eigenvalue weighted by atomic mass is 16.5. The van der Waals surface area contributed by atoms with Crippen LogP contribution in [0.4, 0.5) is 0 Å². The van der Waals surface area contributed by atoms with Crippen molar-refractivity contribution in [2.45, 2.75) is 53.0 Å². The van der Waals surface area contributed by atoms with E-state index in [1.807, 2.05) is 0 Å². The van der Waals surface area contributed by atoms with Crippen LogP contribution in [0.5, 0.6) is 0 Å². The third-order valence-corrected chi connectivity index (χ3v) is 2.77. The molecule has 0 radical (unpaired) electrons. The van der Waals surface area contributed by atoms with Gasteiger partial charge in [-0.15, -0.1) is 0 Å². The van der Waals surface area contributed by atoms with Gasteiger partial charge in [-0.1, -0.05) is 13.8 Å². The van der Waals surface area contributed by atoms with E-state index in [9.17, 15) is 9.59 Å². The monoisotopic (exact) mass is 273 g/mol. The van der Waals surface area contributed by atoms with E-state index in [0.29, 0.717) is 39.1 Å². The van der Waals surface area contributed by atoms with E-state index in [-0.39, 0.29) is 17.5 Å². The lowest BCUT2D eigenvalue weighted by molar-refractivity contribution is -0.144. The molecule has 0 aliphatic rings. The molecule has 0 heterocycles. The molecular weight excluding hydrogens is 246 g/mol. The van der Waals surface area contributed by atoms with Gasteiger partial charge >= 0.3 is 11.9 Å². The molecule has 0 rings (SSSR count). The van der Waals surface area contributed by atoms with Crippen LogP contribution in [0.3, 0.4) is 0 Å². The first kappa shape index (κ1) is 17.9. The van der Waals surface area contributed by atoms with Crippen molar-refractivity contribution in [1.29, 1.82) is 0 Å². The SMILES string of the molecule is CCC(=O)OCCN(CCOC(=O)CC)C(C)(C)C. The number of hydrogen-bond acceptors (Lipinski definition) is 5. The highest BCUT2D eigenvalue weighted by Gasteiger charge is 2.21. The van der Waals surface area contributed by atoms with Crippen molar-refractivity contribution in [2.24, 2.45) is 0 Å². The van der Waals surface area contributed by atoms with Gasteiger partial charge in [0, 0.05) is 31.5 Å². The molecular formula is C14H27NO4. The number of ether oxygens (including phenoxy) is 2. The Balaban J connectivity index is 4.10. The average molecular weight is 273 g/mol. The summed E-state index contributed by atoms with van der Waals surface area (Å²) in [5.41, 5.74) is -0.0583. The molecule has 0 amide bonds. The van der Waals surface area contributed by atoms with Gasteiger partial charge in [0.2, 0.25) is 0 Å². The van der Waals surface area contributed by atoms with Crippen LogP contribution in [0.1, 0.15) is 47.5 Å². The first-order valence-corrected chi connectivity index (χ1v) is 6.87. The third-order valence-electron chi connectivity index (χ3n) is 2.77. The molecule has 0 bridgehead atoms. The van der Waals surface area contributed by atoms with Crippen molar-refractivity contribution in [2.75, 3.05) is 26.3 Å². The summed E-state index contributed by atoms with van der Waals surface area (Å²) in [6.45, 7) is 11.8. The molecule has 0 fully saturated rings. The highest BCUT2D eigenvalue weighted by molar-refractivity contribution is 5.69. The van der Waals surface area contributed by atoms with Crippen molar-refractivity contribution in [3.05, 3.63) is 0 Å². The maximum Gasteiger partial charge on any atom is 0.305 e. The van der Waals surface area contributed by atoms with E-state index in [4.69, 9.17) is 9.47 Å². The maximum absolute atomic E-state index is 11.1. The van der Waals surface area contributed by atoms with Crippen LogP contribution >= 0.6 is 0 Å². The average Bonchev–Trinajstić information content (AvgIpc) is 2.34. The fraction of sp³-hybridized carbons (Fsp3) is 0.857. The quantitative estimate of drug-likeness (QED) is 0.633. The minimum atomic E-state index is -0.189. The van der Waals surface area contributed by atoms with Gasteiger partial charge in [0.25, 0.3) is 0 Å². The van der Waals surface area contributed by atoms with Gasteiger partial charge in [0.05, 0.1) is 0 Å². The number of carbonyl (C=O) groups is 2. The van der Waals surface area contributed by atoms with Crippen LogP contribution in [0.25, 0.3) is 0 Å². The van der Waals surface area contributed by atoms with E-state index in [1.165, 1.54) is 0 Å². The number of nitrogens with zero attached hydrogens (tertiary/aromatic N) is 1. The molecule has 0 saturated carbocycles. The summed E-state index contributed by atoms with van der Waals surface area (Å²) in [6, 6.07) is 0. The number of carbonyl (C=O) groups excluding carboxylic acids is 2. The van der Waals surface area contributed by atoms with Crippen molar-refractivity contribution in [1.82, 2.24) is 4.90 Å². The lowest BCUT2D eigenvalue weighted by Crippen LogP contribution is -2.45. The molecule has 0 N–H and O–H groups in total. The molecule has 5 heteroatoms. The molecule has 0 atom stereocenters. The standard InChI is InChI=1S/C14H27NO4/c1-6-12(16)18-10-8-15(14(3,4)5)9-11-19-13(17)7-2/h6-11H2,1-5H3. The van der Waals surface area contributed by atoms with Crippen LogP contribution in [0.2, 0.25) is 0 Å². The van der Waals surface area contributed by atoms with Crippen LogP contribution in [-0.2, 0) is 19.1 Å². The van der Waals surface area contributed by atoms with Crippen LogP contribution in [0.15, 0.2) is 0 Å². The van der Waals surface area contributed by atoms with E-state index >= 15 is 0 Å². The third kappa shape index (κ3) is 8.59. The van der Waals surface area contributed by atoms with E-state index in [1.54, 1.807) is 13.8 Å². The highest BCUT2D eigenvalue weighted by Crippen LogP contribution is 2.12.